The normalized spacial score (nSPS) is 11.1. The van der Waals surface area contributed by atoms with Crippen LogP contribution in [-0.4, -0.2) is 27.4 Å². The number of aromatic nitrogens is 2. The van der Waals surface area contributed by atoms with Crippen LogP contribution in [0.3, 0.4) is 0 Å². The average molecular weight is 356 g/mol. The van der Waals surface area contributed by atoms with Gasteiger partial charge in [-0.3, -0.25) is 9.89 Å². The standard InChI is InChI=1S/C21H16N4O2/c26-16-8-3-5-14(11-16)13-22-25-21(27)20-12-19(23-24-20)18-10-4-7-15-6-1-2-9-17(15)18/h1-13,26H,(H,23,24)(H,25,27)/b22-13+. The number of amides is 1. The maximum Gasteiger partial charge on any atom is 0.289 e. The lowest BCUT2D eigenvalue weighted by atomic mass is 10.0. The number of phenolic OH excluding ortho intramolecular Hbond substituents is 1. The minimum atomic E-state index is -0.398. The van der Waals surface area contributed by atoms with Crippen LogP contribution in [0.25, 0.3) is 22.0 Å². The average Bonchev–Trinajstić information content (AvgIpc) is 3.18. The zero-order chi connectivity index (χ0) is 18.6. The van der Waals surface area contributed by atoms with E-state index in [1.807, 2.05) is 42.5 Å². The van der Waals surface area contributed by atoms with Gasteiger partial charge < -0.3 is 5.11 Å². The Morgan fingerprint density at radius 3 is 2.74 bits per heavy atom. The Labute approximate surface area is 155 Å². The van der Waals surface area contributed by atoms with Crippen LogP contribution in [0.1, 0.15) is 16.1 Å². The highest BCUT2D eigenvalue weighted by molar-refractivity contribution is 5.98. The highest BCUT2D eigenvalue weighted by Gasteiger charge is 2.12. The summed E-state index contributed by atoms with van der Waals surface area (Å²) in [5, 5.41) is 22.5. The molecule has 0 atom stereocenters. The van der Waals surface area contributed by atoms with Crippen LogP contribution in [0.2, 0.25) is 0 Å². The zero-order valence-corrected chi connectivity index (χ0v) is 14.3. The first-order valence-electron chi connectivity index (χ1n) is 8.37. The van der Waals surface area contributed by atoms with Crippen LogP contribution in [0, 0.1) is 0 Å². The van der Waals surface area contributed by atoms with Gasteiger partial charge in [0.25, 0.3) is 5.91 Å². The molecule has 0 saturated heterocycles. The van der Waals surface area contributed by atoms with E-state index in [1.165, 1.54) is 6.21 Å². The number of carbonyl (C=O) groups is 1. The minimum Gasteiger partial charge on any atom is -0.508 e. The Hall–Kier alpha value is -3.93. The molecule has 4 aromatic rings. The quantitative estimate of drug-likeness (QED) is 0.385. The van der Waals surface area contributed by atoms with E-state index in [9.17, 15) is 9.90 Å². The van der Waals surface area contributed by atoms with Crippen LogP contribution < -0.4 is 5.43 Å². The molecule has 1 heterocycles. The fourth-order valence-electron chi connectivity index (χ4n) is 2.86. The lowest BCUT2D eigenvalue weighted by Crippen LogP contribution is -2.17. The summed E-state index contributed by atoms with van der Waals surface area (Å²) in [4.78, 5) is 12.3. The number of H-pyrrole nitrogens is 1. The minimum absolute atomic E-state index is 0.138. The van der Waals surface area contributed by atoms with Crippen LogP contribution in [-0.2, 0) is 0 Å². The molecule has 4 rings (SSSR count). The van der Waals surface area contributed by atoms with Gasteiger partial charge >= 0.3 is 0 Å². The molecule has 1 amide bonds. The summed E-state index contributed by atoms with van der Waals surface area (Å²) in [5.74, 6) is -0.260. The predicted molar refractivity (Wildman–Crippen MR) is 105 cm³/mol. The van der Waals surface area contributed by atoms with E-state index in [0.717, 1.165) is 16.3 Å². The summed E-state index contributed by atoms with van der Waals surface area (Å²) in [6.07, 6.45) is 1.46. The van der Waals surface area contributed by atoms with Gasteiger partial charge in [-0.25, -0.2) is 5.43 Å². The third-order valence-corrected chi connectivity index (χ3v) is 4.14. The summed E-state index contributed by atoms with van der Waals surface area (Å²) >= 11 is 0. The van der Waals surface area contributed by atoms with Crippen molar-refractivity contribution in [2.75, 3.05) is 0 Å². The topological polar surface area (TPSA) is 90.4 Å². The number of carbonyl (C=O) groups excluding carboxylic acids is 1. The lowest BCUT2D eigenvalue weighted by Gasteiger charge is -2.02. The lowest BCUT2D eigenvalue weighted by molar-refractivity contribution is 0.0950. The molecule has 0 fully saturated rings. The van der Waals surface area contributed by atoms with Crippen LogP contribution in [0.5, 0.6) is 5.75 Å². The summed E-state index contributed by atoms with van der Waals surface area (Å²) < 4.78 is 0. The van der Waals surface area contributed by atoms with E-state index in [1.54, 1.807) is 30.3 Å². The molecule has 6 nitrogen and oxygen atoms in total. The zero-order valence-electron chi connectivity index (χ0n) is 14.3. The molecule has 0 radical (unpaired) electrons. The van der Waals surface area contributed by atoms with Crippen LogP contribution in [0.15, 0.2) is 77.9 Å². The summed E-state index contributed by atoms with van der Waals surface area (Å²) in [5.41, 5.74) is 5.07. The highest BCUT2D eigenvalue weighted by atomic mass is 16.3. The molecule has 132 valence electrons. The molecule has 27 heavy (non-hydrogen) atoms. The molecule has 0 aliphatic rings. The first-order chi connectivity index (χ1) is 13.2. The molecular formula is C21H16N4O2. The van der Waals surface area contributed by atoms with Gasteiger partial charge in [-0.15, -0.1) is 0 Å². The van der Waals surface area contributed by atoms with Crippen molar-refractivity contribution in [3.8, 4) is 17.0 Å². The number of nitrogens with zero attached hydrogens (tertiary/aromatic N) is 2. The van der Waals surface area contributed by atoms with Gasteiger partial charge in [-0.1, -0.05) is 54.6 Å². The second kappa shape index (κ2) is 7.13. The number of fused-ring (bicyclic) bond motifs is 1. The summed E-state index contributed by atoms with van der Waals surface area (Å²) in [6, 6.07) is 22.3. The number of nitrogens with one attached hydrogen (secondary N) is 2. The van der Waals surface area contributed by atoms with Crippen molar-refractivity contribution < 1.29 is 9.90 Å². The molecule has 0 unspecified atom stereocenters. The van der Waals surface area contributed by atoms with E-state index >= 15 is 0 Å². The van der Waals surface area contributed by atoms with Crippen molar-refractivity contribution in [2.24, 2.45) is 5.10 Å². The molecular weight excluding hydrogens is 340 g/mol. The largest absolute Gasteiger partial charge is 0.508 e. The number of phenols is 1. The Morgan fingerprint density at radius 1 is 1.04 bits per heavy atom. The first-order valence-corrected chi connectivity index (χ1v) is 8.37. The van der Waals surface area contributed by atoms with Crippen molar-refractivity contribution in [1.29, 1.82) is 0 Å². The van der Waals surface area contributed by atoms with Crippen molar-refractivity contribution in [3.63, 3.8) is 0 Å². The number of aromatic hydroxyl groups is 1. The van der Waals surface area contributed by atoms with Crippen molar-refractivity contribution in [2.45, 2.75) is 0 Å². The van der Waals surface area contributed by atoms with Crippen LogP contribution in [0.4, 0.5) is 0 Å². The third-order valence-electron chi connectivity index (χ3n) is 4.14. The fraction of sp³-hybridized carbons (Fsp3) is 0. The Balaban J connectivity index is 1.53. The maximum atomic E-state index is 12.3. The molecule has 0 aliphatic heterocycles. The molecule has 6 heteroatoms. The summed E-state index contributed by atoms with van der Waals surface area (Å²) in [7, 11) is 0. The second-order valence-electron chi connectivity index (χ2n) is 5.99. The Morgan fingerprint density at radius 2 is 1.85 bits per heavy atom. The van der Waals surface area contributed by atoms with E-state index < -0.39 is 5.91 Å². The SMILES string of the molecule is O=C(N/N=C/c1cccc(O)c1)c1cc(-c2cccc3ccccc23)n[nH]1. The second-order valence-corrected chi connectivity index (χ2v) is 5.99. The monoisotopic (exact) mass is 356 g/mol. The van der Waals surface area contributed by atoms with E-state index in [0.29, 0.717) is 17.0 Å². The number of aromatic amines is 1. The van der Waals surface area contributed by atoms with Crippen molar-refractivity contribution in [1.82, 2.24) is 15.6 Å². The van der Waals surface area contributed by atoms with Gasteiger partial charge in [0.05, 0.1) is 11.9 Å². The summed E-state index contributed by atoms with van der Waals surface area (Å²) in [6.45, 7) is 0. The van der Waals surface area contributed by atoms with E-state index in [2.05, 4.69) is 20.7 Å². The van der Waals surface area contributed by atoms with Gasteiger partial charge in [0.1, 0.15) is 11.4 Å². The van der Waals surface area contributed by atoms with Gasteiger partial charge in [-0.2, -0.15) is 10.2 Å². The van der Waals surface area contributed by atoms with Crippen LogP contribution >= 0.6 is 0 Å². The number of rotatable bonds is 4. The van der Waals surface area contributed by atoms with E-state index in [4.69, 9.17) is 0 Å². The van der Waals surface area contributed by atoms with E-state index in [-0.39, 0.29) is 5.75 Å². The van der Waals surface area contributed by atoms with Gasteiger partial charge in [0, 0.05) is 5.56 Å². The molecule has 0 saturated carbocycles. The molecule has 3 N–H and O–H groups in total. The Kier molecular flexibility index (Phi) is 4.37. The van der Waals surface area contributed by atoms with Gasteiger partial charge in [-0.05, 0) is 34.5 Å². The third kappa shape index (κ3) is 3.55. The maximum absolute atomic E-state index is 12.3. The molecule has 3 aromatic carbocycles. The molecule has 0 bridgehead atoms. The molecule has 1 aromatic heterocycles. The number of hydrazone groups is 1. The first kappa shape index (κ1) is 16.5. The van der Waals surface area contributed by atoms with Crippen molar-refractivity contribution in [3.05, 3.63) is 84.1 Å². The number of benzene rings is 3. The highest BCUT2D eigenvalue weighted by Crippen LogP contribution is 2.27. The molecule has 0 spiro atoms. The molecule has 0 aliphatic carbocycles. The van der Waals surface area contributed by atoms with Gasteiger partial charge in [0.15, 0.2) is 0 Å². The van der Waals surface area contributed by atoms with Crippen molar-refractivity contribution >= 4 is 22.9 Å². The van der Waals surface area contributed by atoms with Gasteiger partial charge in [0.2, 0.25) is 0 Å². The predicted octanol–water partition coefficient (Wildman–Crippen LogP) is 3.70. The fourth-order valence-corrected chi connectivity index (χ4v) is 2.86. The smallest absolute Gasteiger partial charge is 0.289 e. The number of hydrogen-bond donors (Lipinski definition) is 3. The number of hydrogen-bond acceptors (Lipinski definition) is 4. The Bertz CT molecular complexity index is 1140.